The maximum Gasteiger partial charge on any atom is 0.226 e. The summed E-state index contributed by atoms with van der Waals surface area (Å²) < 4.78 is 0. The summed E-state index contributed by atoms with van der Waals surface area (Å²) in [5, 5.41) is 18.3. The summed E-state index contributed by atoms with van der Waals surface area (Å²) in [5.41, 5.74) is 6.48. The average Bonchev–Trinajstić information content (AvgIpc) is 2.86. The Hall–Kier alpha value is -2.82. The van der Waals surface area contributed by atoms with E-state index in [1.54, 1.807) is 0 Å². The van der Waals surface area contributed by atoms with Crippen molar-refractivity contribution >= 4 is 28.7 Å². The number of rotatable bonds is 7. The Morgan fingerprint density at radius 3 is 2.81 bits per heavy atom. The van der Waals surface area contributed by atoms with Gasteiger partial charge < -0.3 is 21.4 Å². The Morgan fingerprint density at radius 2 is 2.04 bits per heavy atom. The lowest BCUT2D eigenvalue weighted by Gasteiger charge is -2.17. The highest BCUT2D eigenvalue weighted by molar-refractivity contribution is 6.05. The van der Waals surface area contributed by atoms with Gasteiger partial charge >= 0.3 is 0 Å². The molecule has 0 saturated carbocycles. The molecule has 27 heavy (non-hydrogen) atoms. The van der Waals surface area contributed by atoms with Crippen molar-refractivity contribution in [1.29, 1.82) is 5.41 Å². The molecule has 4 N–H and O–H groups in total. The van der Waals surface area contributed by atoms with Crippen LogP contribution in [0.3, 0.4) is 0 Å². The van der Waals surface area contributed by atoms with Crippen LogP contribution in [0, 0.1) is 5.41 Å². The first-order valence-electron chi connectivity index (χ1n) is 9.76. The molecule has 0 atom stereocenters. The largest absolute Gasteiger partial charge is 0.385 e. The van der Waals surface area contributed by atoms with E-state index in [4.69, 9.17) is 5.41 Å². The Balaban J connectivity index is 2.05. The van der Waals surface area contributed by atoms with Gasteiger partial charge in [-0.25, -0.2) is 0 Å². The lowest BCUT2D eigenvalue weighted by Crippen LogP contribution is -2.10. The van der Waals surface area contributed by atoms with Crippen LogP contribution in [0.2, 0.25) is 0 Å². The quantitative estimate of drug-likeness (QED) is 0.516. The summed E-state index contributed by atoms with van der Waals surface area (Å²) in [4.78, 5) is 11.9. The Labute approximate surface area is 161 Å². The van der Waals surface area contributed by atoms with E-state index < -0.39 is 0 Å². The molecule has 0 saturated heterocycles. The second-order valence-corrected chi connectivity index (χ2v) is 6.87. The molecule has 0 spiro atoms. The van der Waals surface area contributed by atoms with Crippen LogP contribution in [-0.2, 0) is 4.79 Å². The van der Waals surface area contributed by atoms with E-state index in [2.05, 4.69) is 54.1 Å². The van der Waals surface area contributed by atoms with E-state index in [0.29, 0.717) is 18.7 Å². The van der Waals surface area contributed by atoms with Crippen LogP contribution in [0.4, 0.5) is 17.1 Å². The minimum atomic E-state index is 0.0305. The number of para-hydroxylation sites is 1. The van der Waals surface area contributed by atoms with Crippen molar-refractivity contribution in [3.63, 3.8) is 0 Å². The monoisotopic (exact) mass is 364 g/mol. The number of amides is 1. The molecule has 0 unspecified atom stereocenters. The first-order chi connectivity index (χ1) is 13.1. The van der Waals surface area contributed by atoms with E-state index in [1.807, 2.05) is 12.1 Å². The minimum absolute atomic E-state index is 0.0305. The van der Waals surface area contributed by atoms with Gasteiger partial charge in [0.2, 0.25) is 5.91 Å². The highest BCUT2D eigenvalue weighted by Gasteiger charge is 2.17. The molecule has 3 rings (SSSR count). The number of benzene rings is 2. The molecule has 1 heterocycles. The fraction of sp³-hybridized carbons (Fsp3) is 0.364. The number of anilines is 3. The summed E-state index contributed by atoms with van der Waals surface area (Å²) in [5.74, 6) is 0.0305. The number of carbonyl (C=O) groups excluding carboxylic acids is 1. The molecule has 2 aromatic rings. The fourth-order valence-corrected chi connectivity index (χ4v) is 3.36. The molecule has 1 aliphatic heterocycles. The molecule has 1 aliphatic rings. The third-order valence-electron chi connectivity index (χ3n) is 4.71. The third-order valence-corrected chi connectivity index (χ3v) is 4.71. The molecule has 5 heteroatoms. The molecule has 1 amide bonds. The molecule has 5 nitrogen and oxygen atoms in total. The van der Waals surface area contributed by atoms with Gasteiger partial charge in [0.05, 0.1) is 11.4 Å². The summed E-state index contributed by atoms with van der Waals surface area (Å²) in [6.45, 7) is 5.74. The minimum Gasteiger partial charge on any atom is -0.385 e. The van der Waals surface area contributed by atoms with E-state index in [1.165, 1.54) is 0 Å². The Morgan fingerprint density at radius 1 is 1.19 bits per heavy atom. The maximum absolute atomic E-state index is 11.9. The van der Waals surface area contributed by atoms with Crippen molar-refractivity contribution in [2.75, 3.05) is 29.0 Å². The zero-order valence-electron chi connectivity index (χ0n) is 16.1. The van der Waals surface area contributed by atoms with Gasteiger partial charge in [-0.05, 0) is 36.6 Å². The zero-order chi connectivity index (χ0) is 19.2. The number of hydrogen-bond acceptors (Lipinski definition) is 4. The standard InChI is InChI=1S/C22H28N4O/c1-3-6-18(23)17-14-15(9-10-19(17)24-12-4-2)16-7-5-8-20-22(16)25-13-11-21(27)26-20/h5,7-10,14,23-25H,3-4,6,11-13H2,1-2H3,(H,26,27). The second kappa shape index (κ2) is 8.71. The van der Waals surface area contributed by atoms with E-state index in [9.17, 15) is 4.79 Å². The Kier molecular flexibility index (Phi) is 6.12. The molecule has 0 aliphatic carbocycles. The molecule has 0 fully saturated rings. The smallest absolute Gasteiger partial charge is 0.226 e. The van der Waals surface area contributed by atoms with Crippen LogP contribution >= 0.6 is 0 Å². The van der Waals surface area contributed by atoms with Crippen LogP contribution in [-0.4, -0.2) is 24.7 Å². The summed E-state index contributed by atoms with van der Waals surface area (Å²) in [6.07, 6.45) is 3.20. The van der Waals surface area contributed by atoms with Gasteiger partial charge in [-0.15, -0.1) is 0 Å². The van der Waals surface area contributed by atoms with Gasteiger partial charge in [0.1, 0.15) is 0 Å². The SMILES string of the molecule is CCCNc1ccc(-c2cccc3c2NCCC(=O)N3)cc1C(=N)CCC. The first kappa shape index (κ1) is 19.0. The van der Waals surface area contributed by atoms with Crippen molar-refractivity contribution < 1.29 is 4.79 Å². The zero-order valence-corrected chi connectivity index (χ0v) is 16.1. The molecule has 0 aromatic heterocycles. The molecular weight excluding hydrogens is 336 g/mol. The van der Waals surface area contributed by atoms with Gasteiger partial charge in [-0.3, -0.25) is 4.79 Å². The van der Waals surface area contributed by atoms with Crippen molar-refractivity contribution in [1.82, 2.24) is 0 Å². The van der Waals surface area contributed by atoms with Gasteiger partial charge in [-0.1, -0.05) is 38.5 Å². The van der Waals surface area contributed by atoms with Crippen molar-refractivity contribution in [2.45, 2.75) is 39.5 Å². The van der Waals surface area contributed by atoms with Gasteiger partial charge in [0.15, 0.2) is 0 Å². The predicted octanol–water partition coefficient (Wildman–Crippen LogP) is 5.10. The van der Waals surface area contributed by atoms with Crippen LogP contribution in [0.25, 0.3) is 11.1 Å². The summed E-state index contributed by atoms with van der Waals surface area (Å²) in [6, 6.07) is 12.2. The van der Waals surface area contributed by atoms with Gasteiger partial charge in [0.25, 0.3) is 0 Å². The average molecular weight is 364 g/mol. The maximum atomic E-state index is 11.9. The highest BCUT2D eigenvalue weighted by atomic mass is 16.1. The number of fused-ring (bicyclic) bond motifs is 1. The van der Waals surface area contributed by atoms with E-state index in [-0.39, 0.29) is 5.91 Å². The van der Waals surface area contributed by atoms with Crippen molar-refractivity contribution in [3.8, 4) is 11.1 Å². The second-order valence-electron chi connectivity index (χ2n) is 6.87. The molecule has 2 aromatic carbocycles. The van der Waals surface area contributed by atoms with Gasteiger partial charge in [-0.2, -0.15) is 0 Å². The molecule has 0 radical (unpaired) electrons. The van der Waals surface area contributed by atoms with Crippen molar-refractivity contribution in [2.24, 2.45) is 0 Å². The van der Waals surface area contributed by atoms with Crippen LogP contribution in [0.5, 0.6) is 0 Å². The lowest BCUT2D eigenvalue weighted by atomic mass is 9.96. The van der Waals surface area contributed by atoms with Gasteiger partial charge in [0, 0.05) is 42.0 Å². The molecule has 142 valence electrons. The summed E-state index contributed by atoms with van der Waals surface area (Å²) in [7, 11) is 0. The lowest BCUT2D eigenvalue weighted by molar-refractivity contribution is -0.115. The predicted molar refractivity (Wildman–Crippen MR) is 114 cm³/mol. The van der Waals surface area contributed by atoms with Crippen LogP contribution in [0.15, 0.2) is 36.4 Å². The fourth-order valence-electron chi connectivity index (χ4n) is 3.36. The van der Waals surface area contributed by atoms with Crippen molar-refractivity contribution in [3.05, 3.63) is 42.0 Å². The van der Waals surface area contributed by atoms with E-state index >= 15 is 0 Å². The first-order valence-corrected chi connectivity index (χ1v) is 9.76. The number of nitrogens with one attached hydrogen (secondary N) is 4. The highest BCUT2D eigenvalue weighted by Crippen LogP contribution is 2.37. The normalized spacial score (nSPS) is 13.2. The van der Waals surface area contributed by atoms with Crippen LogP contribution < -0.4 is 16.0 Å². The number of hydrogen-bond donors (Lipinski definition) is 4. The topological polar surface area (TPSA) is 77.0 Å². The third kappa shape index (κ3) is 4.30. The van der Waals surface area contributed by atoms with Crippen LogP contribution in [0.1, 0.15) is 45.1 Å². The number of carbonyl (C=O) groups is 1. The summed E-state index contributed by atoms with van der Waals surface area (Å²) >= 11 is 0. The molecule has 0 bridgehead atoms. The Bertz CT molecular complexity index is 844. The van der Waals surface area contributed by atoms with E-state index in [0.717, 1.165) is 59.6 Å². The molecular formula is C22H28N4O.